The fraction of sp³-hybridized carbons (Fsp3) is 0.429. The maximum absolute atomic E-state index is 13.3. The summed E-state index contributed by atoms with van der Waals surface area (Å²) in [6.45, 7) is 4.92. The number of amides is 1. The Morgan fingerprint density at radius 3 is 2.20 bits per heavy atom. The van der Waals surface area contributed by atoms with Gasteiger partial charge in [0.2, 0.25) is 0 Å². The fourth-order valence-electron chi connectivity index (χ4n) is 2.36. The number of aromatic carboxylic acids is 1. The number of halogens is 2. The number of carboxylic acid groups (broad SMARTS) is 1. The number of nitrogens with zero attached hydrogens (tertiary/aromatic N) is 1. The molecule has 1 aromatic rings. The van der Waals surface area contributed by atoms with Crippen molar-refractivity contribution in [2.75, 3.05) is 13.1 Å². The predicted octanol–water partition coefficient (Wildman–Crippen LogP) is 2.54. The van der Waals surface area contributed by atoms with Crippen LogP contribution in [-0.2, 0) is 0 Å². The highest BCUT2D eigenvalue weighted by atomic mass is 19.2. The third kappa shape index (κ3) is 2.64. The topological polar surface area (TPSA) is 57.6 Å². The number of hydrogen-bond donors (Lipinski definition) is 1. The van der Waals surface area contributed by atoms with Gasteiger partial charge in [0, 0.05) is 13.1 Å². The molecule has 1 saturated heterocycles. The highest BCUT2D eigenvalue weighted by Gasteiger charge is 2.34. The van der Waals surface area contributed by atoms with Gasteiger partial charge in [-0.2, -0.15) is 0 Å². The molecule has 0 unspecified atom stereocenters. The molecule has 2 rings (SSSR count). The largest absolute Gasteiger partial charge is 0.478 e. The van der Waals surface area contributed by atoms with Gasteiger partial charge in [-0.1, -0.05) is 13.8 Å². The zero-order valence-corrected chi connectivity index (χ0v) is 11.2. The van der Waals surface area contributed by atoms with Crippen molar-refractivity contribution in [1.29, 1.82) is 0 Å². The number of rotatable bonds is 2. The molecule has 108 valence electrons. The summed E-state index contributed by atoms with van der Waals surface area (Å²) in [6.07, 6.45) is 0.783. The lowest BCUT2D eigenvalue weighted by atomic mass is 9.93. The minimum absolute atomic E-state index is 0.0579. The number of carbonyl (C=O) groups excluding carboxylic acids is 1. The van der Waals surface area contributed by atoms with Crippen molar-refractivity contribution in [3.63, 3.8) is 0 Å². The number of benzene rings is 1. The summed E-state index contributed by atoms with van der Waals surface area (Å²) >= 11 is 0. The van der Waals surface area contributed by atoms with Gasteiger partial charge in [-0.3, -0.25) is 4.79 Å². The van der Waals surface area contributed by atoms with Crippen molar-refractivity contribution in [3.8, 4) is 0 Å². The first-order chi connectivity index (χ1) is 9.21. The number of carboxylic acids is 1. The standard InChI is InChI=1S/C14H15F2NO3/c1-14(2)3-4-17(7-14)12(18)8-5-10(15)11(16)6-9(8)13(19)20/h5-6H,3-4,7H2,1-2H3,(H,19,20). The minimum atomic E-state index is -1.45. The minimum Gasteiger partial charge on any atom is -0.478 e. The maximum Gasteiger partial charge on any atom is 0.336 e. The van der Waals surface area contributed by atoms with Gasteiger partial charge in [-0.15, -0.1) is 0 Å². The summed E-state index contributed by atoms with van der Waals surface area (Å²) in [4.78, 5) is 24.8. The van der Waals surface area contributed by atoms with Crippen molar-refractivity contribution < 1.29 is 23.5 Å². The van der Waals surface area contributed by atoms with E-state index in [0.717, 1.165) is 6.42 Å². The van der Waals surface area contributed by atoms with Gasteiger partial charge in [0.1, 0.15) is 0 Å². The van der Waals surface area contributed by atoms with Crippen molar-refractivity contribution in [2.45, 2.75) is 20.3 Å². The van der Waals surface area contributed by atoms with E-state index < -0.39 is 29.1 Å². The van der Waals surface area contributed by atoms with Crippen molar-refractivity contribution in [3.05, 3.63) is 34.9 Å². The molecule has 0 aromatic heterocycles. The van der Waals surface area contributed by atoms with E-state index in [1.165, 1.54) is 4.90 Å². The van der Waals surface area contributed by atoms with Gasteiger partial charge in [0.05, 0.1) is 11.1 Å². The second kappa shape index (κ2) is 4.85. The molecule has 0 atom stereocenters. The highest BCUT2D eigenvalue weighted by molar-refractivity contribution is 6.04. The van der Waals surface area contributed by atoms with E-state index in [-0.39, 0.29) is 11.0 Å². The molecular formula is C14H15F2NO3. The summed E-state index contributed by atoms with van der Waals surface area (Å²) in [5.74, 6) is -4.53. The van der Waals surface area contributed by atoms with Crippen molar-refractivity contribution in [2.24, 2.45) is 5.41 Å². The second-order valence-corrected chi connectivity index (χ2v) is 5.76. The molecule has 1 aliphatic heterocycles. The Hall–Kier alpha value is -1.98. The Kier molecular flexibility index (Phi) is 3.50. The lowest BCUT2D eigenvalue weighted by Gasteiger charge is -2.20. The predicted molar refractivity (Wildman–Crippen MR) is 67.6 cm³/mol. The van der Waals surface area contributed by atoms with Crippen molar-refractivity contribution in [1.82, 2.24) is 4.90 Å². The van der Waals surface area contributed by atoms with Gasteiger partial charge in [-0.05, 0) is 24.0 Å². The van der Waals surface area contributed by atoms with E-state index in [1.54, 1.807) is 0 Å². The quantitative estimate of drug-likeness (QED) is 0.907. The van der Waals surface area contributed by atoms with Crippen LogP contribution in [0, 0.1) is 17.0 Å². The lowest BCUT2D eigenvalue weighted by Crippen LogP contribution is -2.31. The monoisotopic (exact) mass is 283 g/mol. The molecule has 20 heavy (non-hydrogen) atoms. The molecule has 6 heteroatoms. The average Bonchev–Trinajstić information content (AvgIpc) is 2.71. The van der Waals surface area contributed by atoms with Gasteiger partial charge in [0.15, 0.2) is 11.6 Å². The molecule has 0 radical (unpaired) electrons. The molecule has 0 spiro atoms. The van der Waals surface area contributed by atoms with E-state index in [0.29, 0.717) is 25.2 Å². The second-order valence-electron chi connectivity index (χ2n) is 5.76. The lowest BCUT2D eigenvalue weighted by molar-refractivity contribution is 0.0678. The number of hydrogen-bond acceptors (Lipinski definition) is 2. The first-order valence-corrected chi connectivity index (χ1v) is 6.23. The Bertz CT molecular complexity index is 584. The number of likely N-dealkylation sites (tertiary alicyclic amines) is 1. The van der Waals surface area contributed by atoms with E-state index in [2.05, 4.69) is 0 Å². The van der Waals surface area contributed by atoms with Crippen LogP contribution in [0.5, 0.6) is 0 Å². The molecule has 4 nitrogen and oxygen atoms in total. The normalized spacial score (nSPS) is 17.3. The molecule has 1 N–H and O–H groups in total. The van der Waals surface area contributed by atoms with Crippen LogP contribution in [0.15, 0.2) is 12.1 Å². The molecule has 1 amide bonds. The molecule has 0 bridgehead atoms. The van der Waals surface area contributed by atoms with Gasteiger partial charge in [-0.25, -0.2) is 13.6 Å². The Morgan fingerprint density at radius 1 is 1.20 bits per heavy atom. The van der Waals surface area contributed by atoms with Gasteiger partial charge >= 0.3 is 5.97 Å². The zero-order chi connectivity index (χ0) is 15.1. The van der Waals surface area contributed by atoms with Crippen LogP contribution in [0.4, 0.5) is 8.78 Å². The highest BCUT2D eigenvalue weighted by Crippen LogP contribution is 2.30. The summed E-state index contributed by atoms with van der Waals surface area (Å²) in [6, 6.07) is 1.21. The zero-order valence-electron chi connectivity index (χ0n) is 11.2. The number of carbonyl (C=O) groups is 2. The SMILES string of the molecule is CC1(C)CCN(C(=O)c2cc(F)c(F)cc2C(=O)O)C1. The summed E-state index contributed by atoms with van der Waals surface area (Å²) < 4.78 is 26.4. The third-order valence-electron chi connectivity index (χ3n) is 3.49. The fourth-order valence-corrected chi connectivity index (χ4v) is 2.36. The summed E-state index contributed by atoms with van der Waals surface area (Å²) in [7, 11) is 0. The average molecular weight is 283 g/mol. The van der Waals surface area contributed by atoms with Crippen LogP contribution < -0.4 is 0 Å². The van der Waals surface area contributed by atoms with Crippen LogP contribution in [0.1, 0.15) is 41.0 Å². The van der Waals surface area contributed by atoms with Crippen LogP contribution in [-0.4, -0.2) is 35.0 Å². The van der Waals surface area contributed by atoms with E-state index in [4.69, 9.17) is 5.11 Å². The van der Waals surface area contributed by atoms with Crippen molar-refractivity contribution >= 4 is 11.9 Å². The van der Waals surface area contributed by atoms with Crippen LogP contribution in [0.2, 0.25) is 0 Å². The Labute approximate surface area is 115 Å². The Balaban J connectivity index is 2.39. The van der Waals surface area contributed by atoms with Gasteiger partial charge in [0.25, 0.3) is 5.91 Å². The molecule has 0 aliphatic carbocycles. The van der Waals surface area contributed by atoms with E-state index in [1.807, 2.05) is 13.8 Å². The summed E-state index contributed by atoms with van der Waals surface area (Å²) in [5, 5.41) is 9.02. The van der Waals surface area contributed by atoms with E-state index >= 15 is 0 Å². The maximum atomic E-state index is 13.3. The Morgan fingerprint density at radius 2 is 1.75 bits per heavy atom. The summed E-state index contributed by atoms with van der Waals surface area (Å²) in [5.41, 5.74) is -0.884. The molecule has 1 aromatic carbocycles. The molecule has 1 aliphatic rings. The molecule has 1 fully saturated rings. The van der Waals surface area contributed by atoms with E-state index in [9.17, 15) is 18.4 Å². The van der Waals surface area contributed by atoms with Crippen LogP contribution in [0.25, 0.3) is 0 Å². The first-order valence-electron chi connectivity index (χ1n) is 6.23. The molecular weight excluding hydrogens is 268 g/mol. The molecule has 1 heterocycles. The smallest absolute Gasteiger partial charge is 0.336 e. The van der Waals surface area contributed by atoms with Crippen LogP contribution >= 0.6 is 0 Å². The molecule has 0 saturated carbocycles. The third-order valence-corrected chi connectivity index (χ3v) is 3.49. The van der Waals surface area contributed by atoms with Crippen LogP contribution in [0.3, 0.4) is 0 Å². The van der Waals surface area contributed by atoms with Gasteiger partial charge < -0.3 is 10.0 Å². The first kappa shape index (κ1) is 14.4.